The molecule has 1 aromatic rings. The van der Waals surface area contributed by atoms with Crippen LogP contribution in [0, 0.1) is 5.92 Å². The maximum absolute atomic E-state index is 12.2. The molecule has 3 aliphatic heterocycles. The number of aliphatic hydroxyl groups excluding tert-OH is 1. The number of methoxy groups -OCH3 is 1. The molecule has 3 heterocycles. The summed E-state index contributed by atoms with van der Waals surface area (Å²) in [5, 5.41) is 10.3. The van der Waals surface area contributed by atoms with Gasteiger partial charge >= 0.3 is 5.97 Å². The molecule has 7 nitrogen and oxygen atoms in total. The molecule has 7 atom stereocenters. The van der Waals surface area contributed by atoms with Gasteiger partial charge in [-0.2, -0.15) is 0 Å². The molecule has 0 radical (unpaired) electrons. The second-order valence-corrected chi connectivity index (χ2v) is 6.79. The number of benzene rings is 1. The first kappa shape index (κ1) is 16.9. The van der Waals surface area contributed by atoms with Crippen molar-refractivity contribution < 1.29 is 33.6 Å². The number of carbonyl (C=O) groups is 1. The summed E-state index contributed by atoms with van der Waals surface area (Å²) in [4.78, 5) is 12.2. The minimum atomic E-state index is -1.57. The molecule has 0 amide bonds. The maximum atomic E-state index is 12.2. The summed E-state index contributed by atoms with van der Waals surface area (Å²) in [5.41, 5.74) is 0.919. The van der Waals surface area contributed by atoms with Crippen molar-refractivity contribution in [2.24, 2.45) is 5.92 Å². The number of carbonyl (C=O) groups excluding carboxylic acids is 1. The van der Waals surface area contributed by atoms with Crippen molar-refractivity contribution in [2.45, 2.75) is 49.8 Å². The van der Waals surface area contributed by atoms with Gasteiger partial charge in [-0.3, -0.25) is 0 Å². The standard InChI is InChI=1S/C18H22O7/c1-10-12(19)8-18(17(20)21-2)24-14(10)15(25-18)13-9-22-16(23-13)11-6-4-3-5-7-11/h3-7,10,12-16,19H,8-9H2,1-2H3/t10-,12-,13-,14?,15?,16?,18+/m1/s1. The maximum Gasteiger partial charge on any atom is 0.366 e. The van der Waals surface area contributed by atoms with E-state index in [1.165, 1.54) is 7.11 Å². The van der Waals surface area contributed by atoms with Gasteiger partial charge in [0, 0.05) is 17.9 Å². The molecule has 1 N–H and O–H groups in total. The minimum Gasteiger partial charge on any atom is -0.465 e. The summed E-state index contributed by atoms with van der Waals surface area (Å²) in [6, 6.07) is 9.63. The van der Waals surface area contributed by atoms with Gasteiger partial charge in [-0.05, 0) is 0 Å². The van der Waals surface area contributed by atoms with Crippen LogP contribution in [0.4, 0.5) is 0 Å². The van der Waals surface area contributed by atoms with Gasteiger partial charge in [-0.25, -0.2) is 4.79 Å². The SMILES string of the molecule is COC(=O)[C@@]12C[C@@H](O)[C@@H](C)C(O1)C([C@H]1COC(c3ccccc3)O1)O2. The van der Waals surface area contributed by atoms with E-state index in [0.717, 1.165) is 5.56 Å². The fourth-order valence-electron chi connectivity index (χ4n) is 3.78. The van der Waals surface area contributed by atoms with Gasteiger partial charge in [0.05, 0.1) is 25.9 Å². The first-order valence-corrected chi connectivity index (χ1v) is 8.48. The lowest BCUT2D eigenvalue weighted by Gasteiger charge is -2.35. The Morgan fingerprint density at radius 3 is 2.68 bits per heavy atom. The molecule has 0 aliphatic carbocycles. The predicted molar refractivity (Wildman–Crippen MR) is 84.3 cm³/mol. The smallest absolute Gasteiger partial charge is 0.366 e. The number of esters is 1. The molecular weight excluding hydrogens is 328 g/mol. The Kier molecular flexibility index (Phi) is 4.29. The second-order valence-electron chi connectivity index (χ2n) is 6.79. The van der Waals surface area contributed by atoms with Crippen molar-refractivity contribution in [1.29, 1.82) is 0 Å². The summed E-state index contributed by atoms with van der Waals surface area (Å²) in [6.07, 6.45) is -2.52. The molecule has 7 heteroatoms. The third-order valence-corrected chi connectivity index (χ3v) is 5.22. The van der Waals surface area contributed by atoms with Gasteiger partial charge in [0.15, 0.2) is 6.29 Å². The molecular formula is C18H22O7. The highest BCUT2D eigenvalue weighted by Gasteiger charge is 2.63. The number of aliphatic hydroxyl groups is 1. The average molecular weight is 350 g/mol. The van der Waals surface area contributed by atoms with E-state index in [-0.39, 0.29) is 12.3 Å². The molecule has 136 valence electrons. The normalized spacial score (nSPS) is 43.2. The Morgan fingerprint density at radius 1 is 1.24 bits per heavy atom. The van der Waals surface area contributed by atoms with Crippen LogP contribution < -0.4 is 0 Å². The lowest BCUT2D eigenvalue weighted by Crippen LogP contribution is -2.51. The van der Waals surface area contributed by atoms with Gasteiger partial charge in [0.25, 0.3) is 5.79 Å². The zero-order chi connectivity index (χ0) is 17.6. The van der Waals surface area contributed by atoms with Crippen molar-refractivity contribution in [3.63, 3.8) is 0 Å². The Balaban J connectivity index is 1.54. The summed E-state index contributed by atoms with van der Waals surface area (Å²) in [7, 11) is 1.27. The van der Waals surface area contributed by atoms with Gasteiger partial charge in [-0.15, -0.1) is 0 Å². The molecule has 25 heavy (non-hydrogen) atoms. The van der Waals surface area contributed by atoms with E-state index in [1.807, 2.05) is 37.3 Å². The molecule has 3 saturated heterocycles. The molecule has 0 spiro atoms. The Labute approximate surface area is 145 Å². The second kappa shape index (κ2) is 6.34. The van der Waals surface area contributed by atoms with Crippen LogP contribution in [0.1, 0.15) is 25.2 Å². The predicted octanol–water partition coefficient (Wildman–Crippen LogP) is 1.15. The highest BCUT2D eigenvalue weighted by Crippen LogP contribution is 2.46. The van der Waals surface area contributed by atoms with E-state index in [9.17, 15) is 9.90 Å². The first-order chi connectivity index (χ1) is 12.0. The van der Waals surface area contributed by atoms with Crippen LogP contribution in [0.2, 0.25) is 0 Å². The van der Waals surface area contributed by atoms with Crippen molar-refractivity contribution >= 4 is 5.97 Å². The van der Waals surface area contributed by atoms with E-state index in [0.29, 0.717) is 6.61 Å². The largest absolute Gasteiger partial charge is 0.465 e. The van der Waals surface area contributed by atoms with Crippen molar-refractivity contribution in [2.75, 3.05) is 13.7 Å². The number of hydrogen-bond acceptors (Lipinski definition) is 7. The number of fused-ring (bicyclic) bond motifs is 2. The van der Waals surface area contributed by atoms with Crippen molar-refractivity contribution in [1.82, 2.24) is 0 Å². The highest BCUT2D eigenvalue weighted by atomic mass is 16.8. The molecule has 3 unspecified atom stereocenters. The zero-order valence-corrected chi connectivity index (χ0v) is 14.2. The van der Waals surface area contributed by atoms with Crippen molar-refractivity contribution in [3.05, 3.63) is 35.9 Å². The van der Waals surface area contributed by atoms with Crippen LogP contribution in [0.25, 0.3) is 0 Å². The molecule has 2 bridgehead atoms. The Bertz CT molecular complexity index is 636. The van der Waals surface area contributed by atoms with Crippen LogP contribution in [-0.2, 0) is 28.5 Å². The van der Waals surface area contributed by atoms with E-state index in [1.54, 1.807) is 0 Å². The van der Waals surface area contributed by atoms with E-state index >= 15 is 0 Å². The van der Waals surface area contributed by atoms with Gasteiger partial charge < -0.3 is 28.8 Å². The van der Waals surface area contributed by atoms with Gasteiger partial charge in [0.1, 0.15) is 12.2 Å². The van der Waals surface area contributed by atoms with E-state index < -0.39 is 42.5 Å². The molecule has 3 fully saturated rings. The Hall–Kier alpha value is -1.51. The fourth-order valence-corrected chi connectivity index (χ4v) is 3.78. The molecule has 0 saturated carbocycles. The minimum absolute atomic E-state index is 0.0452. The van der Waals surface area contributed by atoms with Crippen LogP contribution >= 0.6 is 0 Å². The molecule has 3 aliphatic rings. The van der Waals surface area contributed by atoms with Crippen molar-refractivity contribution in [3.8, 4) is 0 Å². The monoisotopic (exact) mass is 350 g/mol. The molecule has 0 aromatic heterocycles. The quantitative estimate of drug-likeness (QED) is 0.819. The van der Waals surface area contributed by atoms with Crippen LogP contribution in [0.3, 0.4) is 0 Å². The Morgan fingerprint density at radius 2 is 1.96 bits per heavy atom. The van der Waals surface area contributed by atoms with Gasteiger partial charge in [0.2, 0.25) is 0 Å². The first-order valence-electron chi connectivity index (χ1n) is 8.48. The average Bonchev–Trinajstić information content (AvgIpc) is 3.24. The summed E-state index contributed by atoms with van der Waals surface area (Å²) in [5.74, 6) is -2.39. The highest BCUT2D eigenvalue weighted by molar-refractivity contribution is 5.78. The summed E-state index contributed by atoms with van der Waals surface area (Å²) < 4.78 is 28.5. The number of hydrogen-bond donors (Lipinski definition) is 1. The summed E-state index contributed by atoms with van der Waals surface area (Å²) >= 11 is 0. The molecule has 1 aromatic carbocycles. The lowest BCUT2D eigenvalue weighted by atomic mass is 9.87. The van der Waals surface area contributed by atoms with E-state index in [2.05, 4.69) is 0 Å². The number of rotatable bonds is 3. The van der Waals surface area contributed by atoms with Crippen LogP contribution in [0.5, 0.6) is 0 Å². The van der Waals surface area contributed by atoms with Gasteiger partial charge in [-0.1, -0.05) is 37.3 Å². The fraction of sp³-hybridized carbons (Fsp3) is 0.611. The third-order valence-electron chi connectivity index (χ3n) is 5.22. The van der Waals surface area contributed by atoms with Crippen LogP contribution in [0.15, 0.2) is 30.3 Å². The lowest BCUT2D eigenvalue weighted by molar-refractivity contribution is -0.239. The topological polar surface area (TPSA) is 83.5 Å². The summed E-state index contributed by atoms with van der Waals surface area (Å²) in [6.45, 7) is 2.20. The van der Waals surface area contributed by atoms with E-state index in [4.69, 9.17) is 23.7 Å². The third kappa shape index (κ3) is 2.76. The molecule has 4 rings (SSSR count). The number of ether oxygens (including phenoxy) is 5. The van der Waals surface area contributed by atoms with Crippen LogP contribution in [-0.4, -0.2) is 55.0 Å². The zero-order valence-electron chi connectivity index (χ0n) is 14.2.